The number of aryl methyl sites for hydroxylation is 1. The molecule has 3 aromatic rings. The number of aromatic nitrogens is 1. The van der Waals surface area contributed by atoms with Crippen molar-refractivity contribution in [2.24, 2.45) is 0 Å². The van der Waals surface area contributed by atoms with Crippen LogP contribution >= 0.6 is 11.6 Å². The van der Waals surface area contributed by atoms with Crippen molar-refractivity contribution < 1.29 is 14.7 Å². The summed E-state index contributed by atoms with van der Waals surface area (Å²) < 4.78 is 0. The van der Waals surface area contributed by atoms with Gasteiger partial charge in [-0.05, 0) is 48.4 Å². The van der Waals surface area contributed by atoms with E-state index in [9.17, 15) is 14.7 Å². The first kappa shape index (κ1) is 19.9. The van der Waals surface area contributed by atoms with Gasteiger partial charge < -0.3 is 5.11 Å². The van der Waals surface area contributed by atoms with Gasteiger partial charge in [0.15, 0.2) is 0 Å². The van der Waals surface area contributed by atoms with Crippen LogP contribution < -0.4 is 4.90 Å². The Hall–Kier alpha value is -3.44. The van der Waals surface area contributed by atoms with Gasteiger partial charge in [-0.25, -0.2) is 0 Å². The number of halogens is 1. The average Bonchev–Trinajstić information content (AvgIpc) is 3.04. The normalized spacial score (nSPS) is 18.1. The van der Waals surface area contributed by atoms with Gasteiger partial charge in [0, 0.05) is 22.5 Å². The highest BCUT2D eigenvalue weighted by Crippen LogP contribution is 2.41. The molecule has 1 unspecified atom stereocenters. The first-order chi connectivity index (χ1) is 14.5. The smallest absolute Gasteiger partial charge is 0.300 e. The molecule has 1 saturated heterocycles. The number of carbonyl (C=O) groups is 2. The first-order valence-electron chi connectivity index (χ1n) is 9.58. The van der Waals surface area contributed by atoms with Gasteiger partial charge in [-0.15, -0.1) is 0 Å². The van der Waals surface area contributed by atoms with E-state index in [1.807, 2.05) is 19.1 Å². The first-order valence-corrected chi connectivity index (χ1v) is 9.96. The van der Waals surface area contributed by atoms with E-state index in [-0.39, 0.29) is 11.3 Å². The van der Waals surface area contributed by atoms with E-state index >= 15 is 0 Å². The SMILES string of the molecule is CCc1ccc(N2C(=O)C(=O)/C(=C(\O)c3cccc(Cl)c3)C2c2ccccn2)cc1. The zero-order chi connectivity index (χ0) is 21.3. The summed E-state index contributed by atoms with van der Waals surface area (Å²) in [5.41, 5.74) is 2.52. The van der Waals surface area contributed by atoms with Crippen LogP contribution in [-0.2, 0) is 16.0 Å². The molecule has 6 heteroatoms. The van der Waals surface area contributed by atoms with Crippen LogP contribution in [0.25, 0.3) is 5.76 Å². The van der Waals surface area contributed by atoms with Crippen LogP contribution in [0, 0.1) is 0 Å². The summed E-state index contributed by atoms with van der Waals surface area (Å²) in [6.07, 6.45) is 2.45. The second kappa shape index (κ2) is 8.13. The number of rotatable bonds is 4. The predicted octanol–water partition coefficient (Wildman–Crippen LogP) is 4.92. The van der Waals surface area contributed by atoms with Gasteiger partial charge in [-0.2, -0.15) is 0 Å². The fraction of sp³-hybridized carbons (Fsp3) is 0.125. The third kappa shape index (κ3) is 3.48. The van der Waals surface area contributed by atoms with Gasteiger partial charge >= 0.3 is 0 Å². The largest absolute Gasteiger partial charge is 0.507 e. The minimum atomic E-state index is -0.849. The molecule has 5 nitrogen and oxygen atoms in total. The van der Waals surface area contributed by atoms with Crippen molar-refractivity contribution in [1.29, 1.82) is 0 Å². The van der Waals surface area contributed by atoms with Crippen LogP contribution in [0.2, 0.25) is 5.02 Å². The Labute approximate surface area is 179 Å². The summed E-state index contributed by atoms with van der Waals surface area (Å²) in [4.78, 5) is 31.8. The van der Waals surface area contributed by atoms with E-state index in [1.54, 1.807) is 60.8 Å². The van der Waals surface area contributed by atoms with Gasteiger partial charge in [0.25, 0.3) is 11.7 Å². The van der Waals surface area contributed by atoms with Gasteiger partial charge in [0.1, 0.15) is 11.8 Å². The Bertz CT molecular complexity index is 1140. The van der Waals surface area contributed by atoms with E-state index in [1.165, 1.54) is 4.90 Å². The Morgan fingerprint density at radius 1 is 1.07 bits per heavy atom. The number of pyridine rings is 1. The van der Waals surface area contributed by atoms with Crippen molar-refractivity contribution in [1.82, 2.24) is 4.98 Å². The van der Waals surface area contributed by atoms with Crippen molar-refractivity contribution in [3.05, 3.63) is 100 Å². The number of amides is 1. The summed E-state index contributed by atoms with van der Waals surface area (Å²) in [6, 6.07) is 18.4. The lowest BCUT2D eigenvalue weighted by atomic mass is 9.98. The zero-order valence-corrected chi connectivity index (χ0v) is 17.0. The molecular weight excluding hydrogens is 400 g/mol. The summed E-state index contributed by atoms with van der Waals surface area (Å²) in [7, 11) is 0. The monoisotopic (exact) mass is 418 g/mol. The lowest BCUT2D eigenvalue weighted by Gasteiger charge is -2.24. The molecule has 1 aliphatic heterocycles. The quantitative estimate of drug-likeness (QED) is 0.370. The molecular formula is C24H19ClN2O3. The van der Waals surface area contributed by atoms with Crippen LogP contribution in [0.5, 0.6) is 0 Å². The molecule has 150 valence electrons. The number of nitrogens with zero attached hydrogens (tertiary/aromatic N) is 2. The van der Waals surface area contributed by atoms with Gasteiger partial charge in [-0.3, -0.25) is 19.5 Å². The molecule has 1 fully saturated rings. The Kier molecular flexibility index (Phi) is 5.38. The van der Waals surface area contributed by atoms with E-state index in [2.05, 4.69) is 4.98 Å². The van der Waals surface area contributed by atoms with E-state index in [0.717, 1.165) is 12.0 Å². The molecule has 0 saturated carbocycles. The van der Waals surface area contributed by atoms with Crippen molar-refractivity contribution in [2.75, 3.05) is 4.90 Å². The lowest BCUT2D eigenvalue weighted by molar-refractivity contribution is -0.132. The summed E-state index contributed by atoms with van der Waals surface area (Å²) in [5, 5.41) is 11.4. The summed E-state index contributed by atoms with van der Waals surface area (Å²) >= 11 is 6.06. The molecule has 0 aliphatic carbocycles. The number of ketones is 1. The summed E-state index contributed by atoms with van der Waals surface area (Å²) in [6.45, 7) is 2.04. The van der Waals surface area contributed by atoms with Gasteiger partial charge in [-0.1, -0.05) is 48.9 Å². The van der Waals surface area contributed by atoms with E-state index in [4.69, 9.17) is 11.6 Å². The maximum atomic E-state index is 13.0. The van der Waals surface area contributed by atoms with Crippen molar-refractivity contribution in [3.8, 4) is 0 Å². The molecule has 1 amide bonds. The minimum absolute atomic E-state index is 0.0134. The molecule has 4 rings (SSSR count). The van der Waals surface area contributed by atoms with Gasteiger partial charge in [0.2, 0.25) is 0 Å². The van der Waals surface area contributed by atoms with Crippen LogP contribution in [-0.4, -0.2) is 21.8 Å². The maximum absolute atomic E-state index is 13.0. The fourth-order valence-corrected chi connectivity index (χ4v) is 3.79. The molecule has 30 heavy (non-hydrogen) atoms. The van der Waals surface area contributed by atoms with Crippen LogP contribution in [0.4, 0.5) is 5.69 Å². The Morgan fingerprint density at radius 3 is 2.47 bits per heavy atom. The number of aliphatic hydroxyl groups is 1. The van der Waals surface area contributed by atoms with Crippen molar-refractivity contribution >= 4 is 34.7 Å². The van der Waals surface area contributed by atoms with Crippen LogP contribution in [0.15, 0.2) is 78.5 Å². The molecule has 2 heterocycles. The average molecular weight is 419 g/mol. The number of hydrogen-bond acceptors (Lipinski definition) is 4. The molecule has 1 aromatic heterocycles. The molecule has 1 N–H and O–H groups in total. The maximum Gasteiger partial charge on any atom is 0.300 e. The zero-order valence-electron chi connectivity index (χ0n) is 16.2. The molecule has 0 spiro atoms. The molecule has 2 aromatic carbocycles. The highest BCUT2D eigenvalue weighted by atomic mass is 35.5. The highest BCUT2D eigenvalue weighted by Gasteiger charge is 2.47. The lowest BCUT2D eigenvalue weighted by Crippen LogP contribution is -2.29. The number of anilines is 1. The summed E-state index contributed by atoms with van der Waals surface area (Å²) in [5.74, 6) is -1.75. The predicted molar refractivity (Wildman–Crippen MR) is 116 cm³/mol. The third-order valence-electron chi connectivity index (χ3n) is 5.13. The molecule has 0 radical (unpaired) electrons. The standard InChI is InChI=1S/C24H19ClN2O3/c1-2-15-9-11-18(12-10-15)27-21(19-8-3-4-13-26-19)20(23(29)24(27)30)22(28)16-6-5-7-17(25)14-16/h3-14,21,28H,2H2,1H3/b22-20-. The number of benzene rings is 2. The number of aliphatic hydroxyl groups excluding tert-OH is 1. The molecule has 1 aliphatic rings. The third-order valence-corrected chi connectivity index (χ3v) is 5.37. The minimum Gasteiger partial charge on any atom is -0.507 e. The van der Waals surface area contributed by atoms with E-state index in [0.29, 0.717) is 22.0 Å². The Balaban J connectivity index is 1.92. The second-order valence-electron chi connectivity index (χ2n) is 6.95. The molecule has 0 bridgehead atoms. The van der Waals surface area contributed by atoms with Crippen molar-refractivity contribution in [3.63, 3.8) is 0 Å². The van der Waals surface area contributed by atoms with Crippen LogP contribution in [0.1, 0.15) is 29.8 Å². The van der Waals surface area contributed by atoms with Crippen LogP contribution in [0.3, 0.4) is 0 Å². The number of carbonyl (C=O) groups excluding carboxylic acids is 2. The van der Waals surface area contributed by atoms with E-state index < -0.39 is 17.7 Å². The highest BCUT2D eigenvalue weighted by molar-refractivity contribution is 6.51. The Morgan fingerprint density at radius 2 is 1.83 bits per heavy atom. The molecule has 1 atom stereocenters. The second-order valence-corrected chi connectivity index (χ2v) is 7.39. The fourth-order valence-electron chi connectivity index (χ4n) is 3.60. The van der Waals surface area contributed by atoms with Gasteiger partial charge in [0.05, 0.1) is 11.3 Å². The van der Waals surface area contributed by atoms with Crippen molar-refractivity contribution in [2.45, 2.75) is 19.4 Å². The topological polar surface area (TPSA) is 70.5 Å². The number of hydrogen-bond donors (Lipinski definition) is 1. The number of Topliss-reactive ketones (excluding diaryl/α,β-unsaturated/α-hetero) is 1.